The lowest BCUT2D eigenvalue weighted by Gasteiger charge is -2.26. The SMILES string of the molecule is CN(C(=O)C(Cc1ccc([N+](=O)[O-])cc1)NC(=O)OC(C)(C)C)c1cc(-c2ccccc2)n[nH]1. The van der Waals surface area contributed by atoms with Crippen LogP contribution in [0, 0.1) is 10.1 Å². The predicted octanol–water partition coefficient (Wildman–Crippen LogP) is 4.08. The largest absolute Gasteiger partial charge is 0.444 e. The second-order valence-corrected chi connectivity index (χ2v) is 8.73. The van der Waals surface area contributed by atoms with Crippen molar-refractivity contribution in [2.45, 2.75) is 38.8 Å². The number of non-ortho nitro benzene ring substituents is 1. The Labute approximate surface area is 197 Å². The number of aromatic amines is 1. The van der Waals surface area contributed by atoms with Gasteiger partial charge in [0.1, 0.15) is 17.5 Å². The highest BCUT2D eigenvalue weighted by Crippen LogP contribution is 2.22. The molecule has 1 unspecified atom stereocenters. The standard InChI is InChI=1S/C24H27N5O5/c1-24(2,3)34-23(31)25-20(14-16-10-12-18(13-11-16)29(32)33)22(30)28(4)21-15-19(26-27-21)17-8-6-5-7-9-17/h5-13,15,20H,14H2,1-4H3,(H,25,31)(H,26,27). The third kappa shape index (κ3) is 6.41. The van der Waals surface area contributed by atoms with E-state index in [2.05, 4.69) is 15.5 Å². The van der Waals surface area contributed by atoms with E-state index in [9.17, 15) is 19.7 Å². The molecule has 0 spiro atoms. The number of carbonyl (C=O) groups is 2. The molecule has 34 heavy (non-hydrogen) atoms. The number of carbonyl (C=O) groups excluding carboxylic acids is 2. The lowest BCUT2D eigenvalue weighted by atomic mass is 10.0. The fraction of sp³-hybridized carbons (Fsp3) is 0.292. The Bertz CT molecular complexity index is 1150. The summed E-state index contributed by atoms with van der Waals surface area (Å²) >= 11 is 0. The molecule has 1 atom stereocenters. The molecule has 1 aromatic heterocycles. The number of aromatic nitrogens is 2. The van der Waals surface area contributed by atoms with Crippen molar-refractivity contribution in [2.24, 2.45) is 0 Å². The second-order valence-electron chi connectivity index (χ2n) is 8.73. The Hall–Kier alpha value is -4.21. The van der Waals surface area contributed by atoms with E-state index < -0.39 is 28.6 Å². The van der Waals surface area contributed by atoms with Gasteiger partial charge >= 0.3 is 6.09 Å². The zero-order valence-electron chi connectivity index (χ0n) is 19.4. The lowest BCUT2D eigenvalue weighted by Crippen LogP contribution is -2.50. The summed E-state index contributed by atoms with van der Waals surface area (Å²) < 4.78 is 5.32. The number of nitro benzene ring substituents is 1. The van der Waals surface area contributed by atoms with E-state index in [0.29, 0.717) is 17.1 Å². The summed E-state index contributed by atoms with van der Waals surface area (Å²) in [6, 6.07) is 16.1. The number of hydrogen-bond donors (Lipinski definition) is 2. The lowest BCUT2D eigenvalue weighted by molar-refractivity contribution is -0.384. The molecule has 0 aliphatic rings. The highest BCUT2D eigenvalue weighted by Gasteiger charge is 2.28. The maximum absolute atomic E-state index is 13.4. The van der Waals surface area contributed by atoms with E-state index in [-0.39, 0.29) is 12.1 Å². The van der Waals surface area contributed by atoms with Gasteiger partial charge in [-0.3, -0.25) is 24.9 Å². The highest BCUT2D eigenvalue weighted by molar-refractivity contribution is 5.98. The molecule has 2 N–H and O–H groups in total. The topological polar surface area (TPSA) is 130 Å². The number of anilines is 1. The van der Waals surface area contributed by atoms with Gasteiger partial charge in [-0.25, -0.2) is 4.79 Å². The minimum absolute atomic E-state index is 0.0604. The average molecular weight is 466 g/mol. The Morgan fingerprint density at radius 3 is 2.38 bits per heavy atom. The van der Waals surface area contributed by atoms with Gasteiger partial charge in [0.15, 0.2) is 0 Å². The molecule has 0 saturated carbocycles. The second kappa shape index (κ2) is 10.2. The van der Waals surface area contributed by atoms with Gasteiger partial charge in [-0.05, 0) is 26.3 Å². The van der Waals surface area contributed by atoms with E-state index in [1.807, 2.05) is 30.3 Å². The monoisotopic (exact) mass is 465 g/mol. The smallest absolute Gasteiger partial charge is 0.408 e. The van der Waals surface area contributed by atoms with E-state index in [1.54, 1.807) is 46.0 Å². The van der Waals surface area contributed by atoms with Crippen LogP contribution >= 0.6 is 0 Å². The van der Waals surface area contributed by atoms with Gasteiger partial charge in [0.2, 0.25) is 0 Å². The predicted molar refractivity (Wildman–Crippen MR) is 127 cm³/mol. The minimum atomic E-state index is -0.982. The fourth-order valence-electron chi connectivity index (χ4n) is 3.23. The van der Waals surface area contributed by atoms with Crippen molar-refractivity contribution in [1.82, 2.24) is 15.5 Å². The maximum atomic E-state index is 13.4. The number of amides is 2. The number of ether oxygens (including phenoxy) is 1. The van der Waals surface area contributed by atoms with Crippen LogP contribution in [-0.4, -0.2) is 45.8 Å². The number of hydrogen-bond acceptors (Lipinski definition) is 6. The van der Waals surface area contributed by atoms with Crippen LogP contribution in [0.1, 0.15) is 26.3 Å². The number of benzene rings is 2. The van der Waals surface area contributed by atoms with Gasteiger partial charge in [-0.15, -0.1) is 0 Å². The number of nitrogens with zero attached hydrogens (tertiary/aromatic N) is 3. The number of likely N-dealkylation sites (N-methyl/N-ethyl adjacent to an activating group) is 1. The number of nitrogens with one attached hydrogen (secondary N) is 2. The van der Waals surface area contributed by atoms with Crippen molar-refractivity contribution in [1.29, 1.82) is 0 Å². The van der Waals surface area contributed by atoms with Gasteiger partial charge in [0.25, 0.3) is 11.6 Å². The van der Waals surface area contributed by atoms with Crippen molar-refractivity contribution >= 4 is 23.5 Å². The summed E-state index contributed by atoms with van der Waals surface area (Å²) in [7, 11) is 1.57. The Morgan fingerprint density at radius 1 is 1.15 bits per heavy atom. The molecule has 1 heterocycles. The van der Waals surface area contributed by atoms with Crippen LogP contribution < -0.4 is 10.2 Å². The summed E-state index contributed by atoms with van der Waals surface area (Å²) in [5, 5.41) is 20.7. The van der Waals surface area contributed by atoms with Crippen molar-refractivity contribution in [2.75, 3.05) is 11.9 Å². The van der Waals surface area contributed by atoms with E-state index >= 15 is 0 Å². The Balaban J connectivity index is 1.82. The van der Waals surface area contributed by atoms with E-state index in [1.165, 1.54) is 17.0 Å². The number of nitro groups is 1. The van der Waals surface area contributed by atoms with Gasteiger partial charge in [-0.1, -0.05) is 42.5 Å². The molecule has 3 rings (SSSR count). The van der Waals surface area contributed by atoms with Crippen LogP contribution in [0.5, 0.6) is 0 Å². The molecule has 0 aliphatic heterocycles. The third-order valence-corrected chi connectivity index (χ3v) is 4.90. The zero-order chi connectivity index (χ0) is 24.9. The molecule has 0 saturated heterocycles. The Morgan fingerprint density at radius 2 is 1.79 bits per heavy atom. The van der Waals surface area contributed by atoms with Crippen LogP contribution in [0.25, 0.3) is 11.3 Å². The summed E-state index contributed by atoms with van der Waals surface area (Å²) in [5.74, 6) is 0.0380. The molecule has 0 radical (unpaired) electrons. The van der Waals surface area contributed by atoms with Crippen LogP contribution in [0.15, 0.2) is 60.7 Å². The molecule has 178 valence electrons. The van der Waals surface area contributed by atoms with Gasteiger partial charge in [0, 0.05) is 37.2 Å². The van der Waals surface area contributed by atoms with Crippen molar-refractivity contribution in [3.63, 3.8) is 0 Å². The van der Waals surface area contributed by atoms with Crippen LogP contribution in [0.2, 0.25) is 0 Å². The van der Waals surface area contributed by atoms with Gasteiger partial charge < -0.3 is 10.1 Å². The molecule has 2 aromatic carbocycles. The first-order valence-electron chi connectivity index (χ1n) is 10.6. The molecular weight excluding hydrogens is 438 g/mol. The van der Waals surface area contributed by atoms with E-state index in [4.69, 9.17) is 4.74 Å². The van der Waals surface area contributed by atoms with Crippen molar-refractivity contribution < 1.29 is 19.2 Å². The van der Waals surface area contributed by atoms with E-state index in [0.717, 1.165) is 5.56 Å². The molecule has 10 heteroatoms. The van der Waals surface area contributed by atoms with Gasteiger partial charge in [-0.2, -0.15) is 5.10 Å². The van der Waals surface area contributed by atoms with Crippen LogP contribution in [0.3, 0.4) is 0 Å². The minimum Gasteiger partial charge on any atom is -0.444 e. The molecule has 3 aromatic rings. The zero-order valence-corrected chi connectivity index (χ0v) is 19.4. The quantitative estimate of drug-likeness (QED) is 0.399. The summed E-state index contributed by atoms with van der Waals surface area (Å²) in [4.78, 5) is 37.6. The van der Waals surface area contributed by atoms with Crippen LogP contribution in [-0.2, 0) is 16.0 Å². The van der Waals surface area contributed by atoms with Gasteiger partial charge in [0.05, 0.1) is 10.6 Å². The number of rotatable bonds is 7. The van der Waals surface area contributed by atoms with Crippen molar-refractivity contribution in [3.05, 3.63) is 76.3 Å². The van der Waals surface area contributed by atoms with Crippen molar-refractivity contribution in [3.8, 4) is 11.3 Å². The first kappa shape index (κ1) is 24.4. The average Bonchev–Trinajstić information content (AvgIpc) is 3.27. The molecule has 0 aliphatic carbocycles. The summed E-state index contributed by atoms with van der Waals surface area (Å²) in [6.07, 6.45) is -0.629. The summed E-state index contributed by atoms with van der Waals surface area (Å²) in [6.45, 7) is 5.17. The normalized spacial score (nSPS) is 12.0. The third-order valence-electron chi connectivity index (χ3n) is 4.90. The maximum Gasteiger partial charge on any atom is 0.408 e. The first-order valence-corrected chi connectivity index (χ1v) is 10.6. The fourth-order valence-corrected chi connectivity index (χ4v) is 3.23. The first-order chi connectivity index (χ1) is 16.0. The Kier molecular flexibility index (Phi) is 7.30. The molecule has 0 fully saturated rings. The summed E-state index contributed by atoms with van der Waals surface area (Å²) in [5.41, 5.74) is 1.39. The number of H-pyrrole nitrogens is 1. The number of alkyl carbamates (subject to hydrolysis) is 1. The molecular formula is C24H27N5O5. The molecule has 0 bridgehead atoms. The molecule has 10 nitrogen and oxygen atoms in total. The molecule has 2 amide bonds. The highest BCUT2D eigenvalue weighted by atomic mass is 16.6. The van der Waals surface area contributed by atoms with Crippen LogP contribution in [0.4, 0.5) is 16.3 Å².